The lowest BCUT2D eigenvalue weighted by Crippen LogP contribution is -2.43. The van der Waals surface area contributed by atoms with Crippen molar-refractivity contribution in [1.82, 2.24) is 4.90 Å². The van der Waals surface area contributed by atoms with Crippen LogP contribution in [0.25, 0.3) is 0 Å². The first kappa shape index (κ1) is 12.6. The van der Waals surface area contributed by atoms with Crippen LogP contribution in [0.2, 0.25) is 0 Å². The van der Waals surface area contributed by atoms with Gasteiger partial charge in [-0.15, -0.1) is 0 Å². The van der Waals surface area contributed by atoms with Crippen LogP contribution in [0.3, 0.4) is 0 Å². The topological polar surface area (TPSA) is 63.4 Å². The van der Waals surface area contributed by atoms with Crippen LogP contribution >= 0.6 is 0 Å². The largest absolute Gasteiger partial charge is 0.368 e. The molecule has 0 saturated carbocycles. The van der Waals surface area contributed by atoms with Crippen LogP contribution in [0.5, 0.6) is 0 Å². The molecule has 1 unspecified atom stereocenters. The fourth-order valence-electron chi connectivity index (χ4n) is 2.40. The summed E-state index contributed by atoms with van der Waals surface area (Å²) in [6.07, 6.45) is 2.71. The van der Waals surface area contributed by atoms with E-state index in [9.17, 15) is 9.59 Å². The summed E-state index contributed by atoms with van der Waals surface area (Å²) in [5.74, 6) is -0.360. The molecule has 96 valence electrons. The van der Waals surface area contributed by atoms with Gasteiger partial charge in [-0.2, -0.15) is 0 Å². The second-order valence-corrected chi connectivity index (χ2v) is 4.63. The van der Waals surface area contributed by atoms with Gasteiger partial charge in [-0.3, -0.25) is 9.59 Å². The molecule has 4 heteroatoms. The van der Waals surface area contributed by atoms with Gasteiger partial charge < -0.3 is 10.6 Å². The maximum Gasteiger partial charge on any atom is 0.240 e. The number of nitrogens with zero attached hydrogens (tertiary/aromatic N) is 1. The molecule has 2 rings (SSSR count). The molecule has 0 aromatic heterocycles. The summed E-state index contributed by atoms with van der Waals surface area (Å²) in [7, 11) is 0. The van der Waals surface area contributed by atoms with Crippen molar-refractivity contribution in [2.45, 2.75) is 31.7 Å². The maximum atomic E-state index is 12.1. The van der Waals surface area contributed by atoms with Crippen LogP contribution in [0.1, 0.15) is 24.8 Å². The van der Waals surface area contributed by atoms with E-state index in [0.29, 0.717) is 25.8 Å². The van der Waals surface area contributed by atoms with Crippen LogP contribution in [-0.2, 0) is 16.0 Å². The van der Waals surface area contributed by atoms with E-state index >= 15 is 0 Å². The van der Waals surface area contributed by atoms with Crippen molar-refractivity contribution in [3.63, 3.8) is 0 Å². The van der Waals surface area contributed by atoms with E-state index in [1.54, 1.807) is 4.90 Å². The van der Waals surface area contributed by atoms with Crippen molar-refractivity contribution >= 4 is 11.8 Å². The highest BCUT2D eigenvalue weighted by Gasteiger charge is 2.31. The van der Waals surface area contributed by atoms with Crippen LogP contribution in [0.15, 0.2) is 30.3 Å². The number of hydrogen-bond acceptors (Lipinski definition) is 2. The molecule has 1 heterocycles. The Morgan fingerprint density at radius 3 is 2.67 bits per heavy atom. The van der Waals surface area contributed by atoms with Gasteiger partial charge >= 0.3 is 0 Å². The van der Waals surface area contributed by atoms with Gasteiger partial charge in [0.2, 0.25) is 11.8 Å². The van der Waals surface area contributed by atoms with E-state index in [-0.39, 0.29) is 11.8 Å². The highest BCUT2D eigenvalue weighted by atomic mass is 16.2. The van der Waals surface area contributed by atoms with Gasteiger partial charge in [0, 0.05) is 13.0 Å². The van der Waals surface area contributed by atoms with E-state index in [1.165, 1.54) is 0 Å². The van der Waals surface area contributed by atoms with Crippen LogP contribution in [0, 0.1) is 0 Å². The number of rotatable bonds is 4. The third-order valence-electron chi connectivity index (χ3n) is 3.37. The van der Waals surface area contributed by atoms with E-state index in [2.05, 4.69) is 0 Å². The lowest BCUT2D eigenvalue weighted by molar-refractivity contribution is -0.137. The highest BCUT2D eigenvalue weighted by Crippen LogP contribution is 2.18. The molecular formula is C14H18N2O2. The van der Waals surface area contributed by atoms with Crippen LogP contribution in [0.4, 0.5) is 0 Å². The summed E-state index contributed by atoms with van der Waals surface area (Å²) in [6.45, 7) is 0.654. The Morgan fingerprint density at radius 2 is 2.00 bits per heavy atom. The summed E-state index contributed by atoms with van der Waals surface area (Å²) in [5, 5.41) is 0. The minimum absolute atomic E-state index is 0.0279. The number of likely N-dealkylation sites (tertiary alicyclic amines) is 1. The third kappa shape index (κ3) is 2.88. The van der Waals surface area contributed by atoms with Crippen molar-refractivity contribution in [2.75, 3.05) is 6.54 Å². The van der Waals surface area contributed by atoms with E-state index in [1.807, 2.05) is 30.3 Å². The van der Waals surface area contributed by atoms with Gasteiger partial charge in [0.25, 0.3) is 0 Å². The molecule has 1 aliphatic rings. The normalized spacial score (nSPS) is 18.9. The first-order chi connectivity index (χ1) is 8.68. The monoisotopic (exact) mass is 246 g/mol. The van der Waals surface area contributed by atoms with Gasteiger partial charge in [0.15, 0.2) is 0 Å². The zero-order valence-corrected chi connectivity index (χ0v) is 10.3. The Morgan fingerprint density at radius 1 is 1.28 bits per heavy atom. The van der Waals surface area contributed by atoms with Crippen molar-refractivity contribution in [3.8, 4) is 0 Å². The Kier molecular flexibility index (Phi) is 3.97. The number of carbonyl (C=O) groups is 2. The average molecular weight is 246 g/mol. The minimum Gasteiger partial charge on any atom is -0.368 e. The van der Waals surface area contributed by atoms with Gasteiger partial charge in [-0.25, -0.2) is 0 Å². The quantitative estimate of drug-likeness (QED) is 0.864. The molecule has 1 atom stereocenters. The SMILES string of the molecule is NC(=O)C1CCCN1C(=O)CCc1ccccc1. The lowest BCUT2D eigenvalue weighted by Gasteiger charge is -2.22. The molecule has 18 heavy (non-hydrogen) atoms. The first-order valence-electron chi connectivity index (χ1n) is 6.31. The molecule has 1 fully saturated rings. The predicted octanol–water partition coefficient (Wildman–Crippen LogP) is 1.10. The number of benzene rings is 1. The summed E-state index contributed by atoms with van der Waals surface area (Å²) in [6, 6.07) is 9.48. The smallest absolute Gasteiger partial charge is 0.240 e. The van der Waals surface area contributed by atoms with Gasteiger partial charge in [0.05, 0.1) is 0 Å². The molecule has 0 bridgehead atoms. The average Bonchev–Trinajstić information content (AvgIpc) is 2.86. The number of hydrogen-bond donors (Lipinski definition) is 1. The molecule has 0 aliphatic carbocycles. The lowest BCUT2D eigenvalue weighted by atomic mass is 10.1. The number of carbonyl (C=O) groups excluding carboxylic acids is 2. The van der Waals surface area contributed by atoms with E-state index < -0.39 is 6.04 Å². The molecule has 0 spiro atoms. The number of nitrogens with two attached hydrogens (primary N) is 1. The molecule has 0 radical (unpaired) electrons. The standard InChI is InChI=1S/C14H18N2O2/c15-14(18)12-7-4-10-16(12)13(17)9-8-11-5-2-1-3-6-11/h1-3,5-6,12H,4,7-10H2,(H2,15,18). The van der Waals surface area contributed by atoms with Crippen LogP contribution < -0.4 is 5.73 Å². The fourth-order valence-corrected chi connectivity index (χ4v) is 2.40. The van der Waals surface area contributed by atoms with Crippen molar-refractivity contribution in [1.29, 1.82) is 0 Å². The second-order valence-electron chi connectivity index (χ2n) is 4.63. The highest BCUT2D eigenvalue weighted by molar-refractivity contribution is 5.87. The fraction of sp³-hybridized carbons (Fsp3) is 0.429. The molecule has 1 aliphatic heterocycles. The molecule has 2 N–H and O–H groups in total. The molecular weight excluding hydrogens is 228 g/mol. The predicted molar refractivity (Wildman–Crippen MR) is 68.7 cm³/mol. The molecule has 2 amide bonds. The number of aryl methyl sites for hydroxylation is 1. The summed E-state index contributed by atoms with van der Waals surface area (Å²) >= 11 is 0. The third-order valence-corrected chi connectivity index (χ3v) is 3.37. The Hall–Kier alpha value is -1.84. The van der Waals surface area contributed by atoms with Gasteiger partial charge in [0.1, 0.15) is 6.04 Å². The van der Waals surface area contributed by atoms with Gasteiger partial charge in [-0.05, 0) is 24.8 Å². The zero-order valence-electron chi connectivity index (χ0n) is 10.3. The Balaban J connectivity index is 1.90. The molecule has 4 nitrogen and oxygen atoms in total. The van der Waals surface area contributed by atoms with Crippen molar-refractivity contribution < 1.29 is 9.59 Å². The van der Waals surface area contributed by atoms with Crippen LogP contribution in [-0.4, -0.2) is 29.3 Å². The molecule has 1 aromatic rings. The zero-order chi connectivity index (χ0) is 13.0. The van der Waals surface area contributed by atoms with E-state index in [4.69, 9.17) is 5.73 Å². The summed E-state index contributed by atoms with van der Waals surface area (Å²) < 4.78 is 0. The van der Waals surface area contributed by atoms with Gasteiger partial charge in [-0.1, -0.05) is 30.3 Å². The Labute approximate surface area is 107 Å². The minimum atomic E-state index is -0.395. The summed E-state index contributed by atoms with van der Waals surface area (Å²) in [4.78, 5) is 24.9. The number of amides is 2. The molecule has 1 aromatic carbocycles. The maximum absolute atomic E-state index is 12.1. The van der Waals surface area contributed by atoms with Crippen molar-refractivity contribution in [3.05, 3.63) is 35.9 Å². The van der Waals surface area contributed by atoms with Crippen molar-refractivity contribution in [2.24, 2.45) is 5.73 Å². The second kappa shape index (κ2) is 5.67. The Bertz CT molecular complexity index is 431. The first-order valence-corrected chi connectivity index (χ1v) is 6.31. The van der Waals surface area contributed by atoms with E-state index in [0.717, 1.165) is 12.0 Å². The molecule has 1 saturated heterocycles. The summed E-state index contributed by atoms with van der Waals surface area (Å²) in [5.41, 5.74) is 6.44. The number of primary amides is 1.